The fourth-order valence-electron chi connectivity index (χ4n) is 2.10. The number of hydrogen-bond acceptors (Lipinski definition) is 3. The van der Waals surface area contributed by atoms with Gasteiger partial charge in [-0.2, -0.15) is 0 Å². The average Bonchev–Trinajstić information content (AvgIpc) is 2.41. The van der Waals surface area contributed by atoms with E-state index in [1.54, 1.807) is 0 Å². The van der Waals surface area contributed by atoms with Crippen molar-refractivity contribution in [3.05, 3.63) is 24.3 Å². The Hall–Kier alpha value is -1.22. The molecule has 3 nitrogen and oxygen atoms in total. The van der Waals surface area contributed by atoms with Crippen LogP contribution in [-0.4, -0.2) is 32.8 Å². The number of nitrogens with one attached hydrogen (secondary N) is 1. The van der Waals surface area contributed by atoms with Crippen LogP contribution in [0, 0.1) is 0 Å². The Labute approximate surface area is 104 Å². The van der Waals surface area contributed by atoms with Gasteiger partial charge in [-0.3, -0.25) is 0 Å². The Kier molecular flexibility index (Phi) is 4.68. The lowest BCUT2D eigenvalue weighted by Crippen LogP contribution is -2.36. The molecule has 1 fully saturated rings. The second kappa shape index (κ2) is 6.50. The highest BCUT2D eigenvalue weighted by molar-refractivity contribution is 5.70. The highest BCUT2D eigenvalue weighted by Crippen LogP contribution is 2.26. The summed E-state index contributed by atoms with van der Waals surface area (Å²) in [6.45, 7) is 6.93. The highest BCUT2D eigenvalue weighted by atomic mass is 16.5. The molecule has 1 saturated heterocycles. The molecular formula is C14H22N2O. The summed E-state index contributed by atoms with van der Waals surface area (Å²) >= 11 is 0. The monoisotopic (exact) mass is 234 g/mol. The topological polar surface area (TPSA) is 24.5 Å². The number of para-hydroxylation sites is 2. The third-order valence-corrected chi connectivity index (χ3v) is 3.10. The summed E-state index contributed by atoms with van der Waals surface area (Å²) in [5, 5.41) is 3.53. The van der Waals surface area contributed by atoms with Crippen LogP contribution in [0.1, 0.15) is 19.8 Å². The first-order valence-corrected chi connectivity index (χ1v) is 6.57. The summed E-state index contributed by atoms with van der Waals surface area (Å²) < 4.78 is 5.40. The molecule has 0 bridgehead atoms. The van der Waals surface area contributed by atoms with Gasteiger partial charge in [0.05, 0.1) is 24.6 Å². The molecular weight excluding hydrogens is 212 g/mol. The molecule has 1 aliphatic rings. The van der Waals surface area contributed by atoms with Crippen molar-refractivity contribution in [3.63, 3.8) is 0 Å². The zero-order chi connectivity index (χ0) is 11.9. The standard InChI is InChI=1S/C14H22N2O/c1-2-3-8-15-13-6-4-5-7-14(13)16-9-11-17-12-10-16/h4-7,15H,2-3,8-12H2,1H3. The maximum Gasteiger partial charge on any atom is 0.0642 e. The van der Waals surface area contributed by atoms with Crippen molar-refractivity contribution in [1.29, 1.82) is 0 Å². The van der Waals surface area contributed by atoms with E-state index in [9.17, 15) is 0 Å². The Morgan fingerprint density at radius 2 is 2.00 bits per heavy atom. The SMILES string of the molecule is CCCCNc1ccccc1N1CCOCC1. The second-order valence-corrected chi connectivity index (χ2v) is 4.40. The fraction of sp³-hybridized carbons (Fsp3) is 0.571. The Morgan fingerprint density at radius 3 is 2.76 bits per heavy atom. The van der Waals surface area contributed by atoms with Crippen LogP contribution in [0.5, 0.6) is 0 Å². The van der Waals surface area contributed by atoms with Gasteiger partial charge in [0.15, 0.2) is 0 Å². The van der Waals surface area contributed by atoms with Crippen molar-refractivity contribution in [2.24, 2.45) is 0 Å². The van der Waals surface area contributed by atoms with Crippen molar-refractivity contribution in [2.75, 3.05) is 43.1 Å². The lowest BCUT2D eigenvalue weighted by Gasteiger charge is -2.30. The summed E-state index contributed by atoms with van der Waals surface area (Å²) in [5.41, 5.74) is 2.56. The van der Waals surface area contributed by atoms with Crippen LogP contribution in [0.2, 0.25) is 0 Å². The first-order chi connectivity index (χ1) is 8.42. The van der Waals surface area contributed by atoms with E-state index in [4.69, 9.17) is 4.74 Å². The van der Waals surface area contributed by atoms with Crippen LogP contribution in [-0.2, 0) is 4.74 Å². The van der Waals surface area contributed by atoms with Crippen LogP contribution in [0.3, 0.4) is 0 Å². The first-order valence-electron chi connectivity index (χ1n) is 6.57. The van der Waals surface area contributed by atoms with E-state index in [0.29, 0.717) is 0 Å². The van der Waals surface area contributed by atoms with Gasteiger partial charge < -0.3 is 15.0 Å². The van der Waals surface area contributed by atoms with Gasteiger partial charge in [0.2, 0.25) is 0 Å². The minimum absolute atomic E-state index is 0.837. The zero-order valence-corrected chi connectivity index (χ0v) is 10.6. The molecule has 0 aliphatic carbocycles. The number of hydrogen-bond donors (Lipinski definition) is 1. The second-order valence-electron chi connectivity index (χ2n) is 4.40. The van der Waals surface area contributed by atoms with Crippen molar-refractivity contribution in [1.82, 2.24) is 0 Å². The molecule has 3 heteroatoms. The molecule has 0 unspecified atom stereocenters. The van der Waals surface area contributed by atoms with E-state index in [0.717, 1.165) is 32.8 Å². The van der Waals surface area contributed by atoms with Crippen LogP contribution in [0.25, 0.3) is 0 Å². The van der Waals surface area contributed by atoms with E-state index in [1.807, 2.05) is 0 Å². The molecule has 0 atom stereocenters. The van der Waals surface area contributed by atoms with Crippen molar-refractivity contribution < 1.29 is 4.74 Å². The molecule has 2 rings (SSSR count). The fourth-order valence-corrected chi connectivity index (χ4v) is 2.10. The smallest absolute Gasteiger partial charge is 0.0642 e. The molecule has 0 radical (unpaired) electrons. The Balaban J connectivity index is 2.03. The van der Waals surface area contributed by atoms with Crippen LogP contribution in [0.15, 0.2) is 24.3 Å². The number of nitrogens with zero attached hydrogens (tertiary/aromatic N) is 1. The molecule has 17 heavy (non-hydrogen) atoms. The van der Waals surface area contributed by atoms with Gasteiger partial charge in [0.1, 0.15) is 0 Å². The number of morpholine rings is 1. The molecule has 1 N–H and O–H groups in total. The maximum atomic E-state index is 5.40. The normalized spacial score (nSPS) is 15.9. The number of rotatable bonds is 5. The van der Waals surface area contributed by atoms with Crippen LogP contribution >= 0.6 is 0 Å². The predicted molar refractivity (Wildman–Crippen MR) is 72.9 cm³/mol. The van der Waals surface area contributed by atoms with Gasteiger partial charge >= 0.3 is 0 Å². The molecule has 1 aromatic carbocycles. The van der Waals surface area contributed by atoms with Crippen molar-refractivity contribution in [2.45, 2.75) is 19.8 Å². The third-order valence-electron chi connectivity index (χ3n) is 3.10. The molecule has 1 heterocycles. The van der Waals surface area contributed by atoms with E-state index < -0.39 is 0 Å². The lowest BCUT2D eigenvalue weighted by molar-refractivity contribution is 0.123. The van der Waals surface area contributed by atoms with E-state index in [-0.39, 0.29) is 0 Å². The molecule has 0 aromatic heterocycles. The molecule has 0 saturated carbocycles. The summed E-state index contributed by atoms with van der Waals surface area (Å²) in [4.78, 5) is 2.40. The van der Waals surface area contributed by atoms with Crippen LogP contribution in [0.4, 0.5) is 11.4 Å². The first kappa shape index (κ1) is 12.2. The largest absolute Gasteiger partial charge is 0.383 e. The van der Waals surface area contributed by atoms with Gasteiger partial charge in [0.25, 0.3) is 0 Å². The predicted octanol–water partition coefficient (Wildman–Crippen LogP) is 2.74. The Morgan fingerprint density at radius 1 is 1.24 bits per heavy atom. The number of anilines is 2. The minimum Gasteiger partial charge on any atom is -0.383 e. The number of benzene rings is 1. The van der Waals surface area contributed by atoms with E-state index in [2.05, 4.69) is 41.4 Å². The Bertz CT molecular complexity index is 335. The van der Waals surface area contributed by atoms with Gasteiger partial charge in [-0.05, 0) is 18.6 Å². The zero-order valence-electron chi connectivity index (χ0n) is 10.6. The quantitative estimate of drug-likeness (QED) is 0.793. The average molecular weight is 234 g/mol. The molecule has 1 aromatic rings. The van der Waals surface area contributed by atoms with Crippen LogP contribution < -0.4 is 10.2 Å². The molecule has 0 amide bonds. The van der Waals surface area contributed by atoms with Gasteiger partial charge in [-0.25, -0.2) is 0 Å². The van der Waals surface area contributed by atoms with Gasteiger partial charge in [-0.15, -0.1) is 0 Å². The molecule has 0 spiro atoms. The molecule has 1 aliphatic heterocycles. The number of ether oxygens (including phenoxy) is 1. The van der Waals surface area contributed by atoms with E-state index in [1.165, 1.54) is 24.2 Å². The number of unbranched alkanes of at least 4 members (excludes halogenated alkanes) is 1. The van der Waals surface area contributed by atoms with Crippen molar-refractivity contribution in [3.8, 4) is 0 Å². The summed E-state index contributed by atoms with van der Waals surface area (Å²) in [7, 11) is 0. The van der Waals surface area contributed by atoms with Crippen molar-refractivity contribution >= 4 is 11.4 Å². The van der Waals surface area contributed by atoms with Gasteiger partial charge in [0, 0.05) is 19.6 Å². The third kappa shape index (κ3) is 3.37. The summed E-state index contributed by atoms with van der Waals surface area (Å²) in [6, 6.07) is 8.56. The summed E-state index contributed by atoms with van der Waals surface area (Å²) in [6.07, 6.45) is 2.45. The van der Waals surface area contributed by atoms with Gasteiger partial charge in [-0.1, -0.05) is 25.5 Å². The minimum atomic E-state index is 0.837. The van der Waals surface area contributed by atoms with E-state index >= 15 is 0 Å². The molecule has 94 valence electrons. The maximum absolute atomic E-state index is 5.40. The highest BCUT2D eigenvalue weighted by Gasteiger charge is 2.13. The lowest BCUT2D eigenvalue weighted by atomic mass is 10.2. The summed E-state index contributed by atoms with van der Waals surface area (Å²) in [5.74, 6) is 0.